The van der Waals surface area contributed by atoms with E-state index in [4.69, 9.17) is 0 Å². The number of anilines is 1. The molecule has 1 aliphatic heterocycles. The molecule has 0 bridgehead atoms. The molecule has 1 heterocycles. The molecule has 1 saturated heterocycles. The van der Waals surface area contributed by atoms with Crippen LogP contribution >= 0.6 is 27.7 Å². The van der Waals surface area contributed by atoms with Crippen LogP contribution in [0.3, 0.4) is 0 Å². The first-order valence-electron chi connectivity index (χ1n) is 5.79. The zero-order chi connectivity index (χ0) is 11.4. The predicted molar refractivity (Wildman–Crippen MR) is 78.0 cm³/mol. The third-order valence-corrected chi connectivity index (χ3v) is 4.71. The molecule has 0 radical (unpaired) electrons. The smallest absolute Gasteiger partial charge is 0.0369 e. The number of hydrogen-bond acceptors (Lipinski definition) is 2. The molecule has 1 aromatic carbocycles. The average molecular weight is 300 g/mol. The van der Waals surface area contributed by atoms with E-state index in [9.17, 15) is 0 Å². The quantitative estimate of drug-likeness (QED) is 0.764. The van der Waals surface area contributed by atoms with Gasteiger partial charge >= 0.3 is 0 Å². The van der Waals surface area contributed by atoms with Gasteiger partial charge in [-0.05, 0) is 42.4 Å². The van der Waals surface area contributed by atoms with E-state index >= 15 is 0 Å². The van der Waals surface area contributed by atoms with Crippen LogP contribution in [-0.2, 0) is 5.33 Å². The fourth-order valence-corrected chi connectivity index (χ4v) is 3.55. The van der Waals surface area contributed by atoms with E-state index in [2.05, 4.69) is 57.7 Å². The van der Waals surface area contributed by atoms with Crippen LogP contribution in [0.15, 0.2) is 18.2 Å². The average Bonchev–Trinajstić information content (AvgIpc) is 2.57. The number of rotatable bonds is 2. The molecule has 0 aliphatic carbocycles. The molecule has 0 amide bonds. The number of aryl methyl sites for hydroxylation is 1. The molecule has 2 rings (SSSR count). The Kier molecular flexibility index (Phi) is 4.59. The van der Waals surface area contributed by atoms with Gasteiger partial charge in [-0.15, -0.1) is 0 Å². The molecule has 0 saturated carbocycles. The van der Waals surface area contributed by atoms with Crippen LogP contribution in [0, 0.1) is 6.92 Å². The van der Waals surface area contributed by atoms with Gasteiger partial charge in [-0.1, -0.05) is 22.0 Å². The minimum Gasteiger partial charge on any atom is -0.371 e. The number of thioether (sulfide) groups is 1. The van der Waals surface area contributed by atoms with Gasteiger partial charge in [-0.3, -0.25) is 0 Å². The van der Waals surface area contributed by atoms with E-state index in [1.807, 2.05) is 0 Å². The van der Waals surface area contributed by atoms with Crippen LogP contribution in [0.2, 0.25) is 0 Å². The molecule has 0 N–H and O–H groups in total. The fraction of sp³-hybridized carbons (Fsp3) is 0.538. The summed E-state index contributed by atoms with van der Waals surface area (Å²) < 4.78 is 0. The Morgan fingerprint density at radius 2 is 2.19 bits per heavy atom. The van der Waals surface area contributed by atoms with Gasteiger partial charge in [0.05, 0.1) is 0 Å². The monoisotopic (exact) mass is 299 g/mol. The molecule has 1 aliphatic rings. The highest BCUT2D eigenvalue weighted by Crippen LogP contribution is 2.23. The van der Waals surface area contributed by atoms with E-state index in [0.717, 1.165) is 5.33 Å². The van der Waals surface area contributed by atoms with E-state index < -0.39 is 0 Å². The lowest BCUT2D eigenvalue weighted by Crippen LogP contribution is -2.25. The molecule has 0 atom stereocenters. The summed E-state index contributed by atoms with van der Waals surface area (Å²) in [7, 11) is 0. The number of alkyl halides is 1. The standard InChI is InChI=1S/C13H18BrNS/c1-11-9-13(4-3-12(11)10-14)15-5-2-7-16-8-6-15/h3-4,9H,2,5-8,10H2,1H3. The van der Waals surface area contributed by atoms with Crippen LogP contribution < -0.4 is 4.90 Å². The van der Waals surface area contributed by atoms with Gasteiger partial charge in [0, 0.05) is 29.9 Å². The molecular formula is C13H18BrNS. The lowest BCUT2D eigenvalue weighted by atomic mass is 10.1. The molecule has 1 aromatic rings. The first-order valence-corrected chi connectivity index (χ1v) is 8.07. The summed E-state index contributed by atoms with van der Waals surface area (Å²) in [6.45, 7) is 4.60. The van der Waals surface area contributed by atoms with Gasteiger partial charge < -0.3 is 4.90 Å². The summed E-state index contributed by atoms with van der Waals surface area (Å²) in [6, 6.07) is 6.84. The number of hydrogen-bond donors (Lipinski definition) is 0. The summed E-state index contributed by atoms with van der Waals surface area (Å²) in [5.41, 5.74) is 4.18. The Balaban J connectivity index is 2.16. The second-order valence-electron chi connectivity index (χ2n) is 4.20. The number of nitrogens with zero attached hydrogens (tertiary/aromatic N) is 1. The molecule has 1 fully saturated rings. The first-order chi connectivity index (χ1) is 7.81. The topological polar surface area (TPSA) is 3.24 Å². The Hall–Kier alpha value is -0.150. The SMILES string of the molecule is Cc1cc(N2CCCSCC2)ccc1CBr. The molecule has 0 aromatic heterocycles. The van der Waals surface area contributed by atoms with Crippen molar-refractivity contribution in [3.8, 4) is 0 Å². The molecule has 1 nitrogen and oxygen atoms in total. The second-order valence-corrected chi connectivity index (χ2v) is 5.98. The van der Waals surface area contributed by atoms with E-state index in [1.54, 1.807) is 0 Å². The molecule has 0 unspecified atom stereocenters. The summed E-state index contributed by atoms with van der Waals surface area (Å²) in [4.78, 5) is 2.52. The molecule has 16 heavy (non-hydrogen) atoms. The van der Waals surface area contributed by atoms with Gasteiger partial charge in [0.1, 0.15) is 0 Å². The van der Waals surface area contributed by atoms with Gasteiger partial charge in [-0.2, -0.15) is 11.8 Å². The Bertz CT molecular complexity index is 346. The number of benzene rings is 1. The molecule has 88 valence electrons. The van der Waals surface area contributed by atoms with Crippen molar-refractivity contribution in [2.24, 2.45) is 0 Å². The predicted octanol–water partition coefficient (Wildman–Crippen LogP) is 3.83. The number of halogens is 1. The van der Waals surface area contributed by atoms with Gasteiger partial charge in [0.15, 0.2) is 0 Å². The van der Waals surface area contributed by atoms with Crippen molar-refractivity contribution in [3.05, 3.63) is 29.3 Å². The van der Waals surface area contributed by atoms with E-state index in [1.165, 1.54) is 47.8 Å². The minimum absolute atomic E-state index is 0.953. The van der Waals surface area contributed by atoms with Gasteiger partial charge in [-0.25, -0.2) is 0 Å². The van der Waals surface area contributed by atoms with Crippen LogP contribution in [0.4, 0.5) is 5.69 Å². The fourth-order valence-electron chi connectivity index (χ4n) is 2.03. The summed E-state index contributed by atoms with van der Waals surface area (Å²) >= 11 is 5.60. The molecule has 0 spiro atoms. The Morgan fingerprint density at radius 3 is 2.94 bits per heavy atom. The van der Waals surface area contributed by atoms with Gasteiger partial charge in [0.2, 0.25) is 0 Å². The third kappa shape index (κ3) is 2.95. The lowest BCUT2D eigenvalue weighted by Gasteiger charge is -2.23. The van der Waals surface area contributed by atoms with Crippen molar-refractivity contribution in [1.82, 2.24) is 0 Å². The zero-order valence-electron chi connectivity index (χ0n) is 9.71. The third-order valence-electron chi connectivity index (χ3n) is 3.06. The van der Waals surface area contributed by atoms with E-state index in [-0.39, 0.29) is 0 Å². The van der Waals surface area contributed by atoms with Crippen LogP contribution in [0.1, 0.15) is 17.5 Å². The van der Waals surface area contributed by atoms with Crippen molar-refractivity contribution in [2.75, 3.05) is 29.5 Å². The van der Waals surface area contributed by atoms with Crippen molar-refractivity contribution >= 4 is 33.4 Å². The highest BCUT2D eigenvalue weighted by Gasteiger charge is 2.10. The highest BCUT2D eigenvalue weighted by molar-refractivity contribution is 9.08. The largest absolute Gasteiger partial charge is 0.371 e. The minimum atomic E-state index is 0.953. The zero-order valence-corrected chi connectivity index (χ0v) is 12.1. The lowest BCUT2D eigenvalue weighted by molar-refractivity contribution is 0.815. The van der Waals surface area contributed by atoms with Crippen molar-refractivity contribution in [1.29, 1.82) is 0 Å². The van der Waals surface area contributed by atoms with Crippen LogP contribution in [-0.4, -0.2) is 24.6 Å². The van der Waals surface area contributed by atoms with Crippen molar-refractivity contribution in [3.63, 3.8) is 0 Å². The van der Waals surface area contributed by atoms with Crippen LogP contribution in [0.25, 0.3) is 0 Å². The highest BCUT2D eigenvalue weighted by atomic mass is 79.9. The molecular weight excluding hydrogens is 282 g/mol. The van der Waals surface area contributed by atoms with Gasteiger partial charge in [0.25, 0.3) is 0 Å². The first kappa shape index (κ1) is 12.3. The summed E-state index contributed by atoms with van der Waals surface area (Å²) in [5, 5.41) is 0.953. The van der Waals surface area contributed by atoms with Crippen molar-refractivity contribution in [2.45, 2.75) is 18.7 Å². The molecule has 3 heteroatoms. The maximum absolute atomic E-state index is 3.52. The maximum atomic E-state index is 3.52. The summed E-state index contributed by atoms with van der Waals surface area (Å²) in [5.74, 6) is 2.58. The second kappa shape index (κ2) is 5.97. The van der Waals surface area contributed by atoms with E-state index in [0.29, 0.717) is 0 Å². The summed E-state index contributed by atoms with van der Waals surface area (Å²) in [6.07, 6.45) is 1.31. The Morgan fingerprint density at radius 1 is 1.31 bits per heavy atom. The maximum Gasteiger partial charge on any atom is 0.0369 e. The van der Waals surface area contributed by atoms with Crippen molar-refractivity contribution < 1.29 is 0 Å². The Labute approximate surface area is 111 Å². The normalized spacial score (nSPS) is 17.2. The van der Waals surface area contributed by atoms with Crippen LogP contribution in [0.5, 0.6) is 0 Å².